The van der Waals surface area contributed by atoms with E-state index in [1.54, 1.807) is 0 Å². The van der Waals surface area contributed by atoms with Gasteiger partial charge in [0.25, 0.3) is 0 Å². The van der Waals surface area contributed by atoms with Crippen molar-refractivity contribution in [1.29, 1.82) is 0 Å². The first kappa shape index (κ1) is 10.8. The van der Waals surface area contributed by atoms with Crippen LogP contribution in [0.4, 0.5) is 4.79 Å². The van der Waals surface area contributed by atoms with Crippen LogP contribution >= 0.6 is 0 Å². The maximum absolute atomic E-state index is 10.7. The van der Waals surface area contributed by atoms with Crippen molar-refractivity contribution in [2.45, 2.75) is 25.4 Å². The zero-order valence-corrected chi connectivity index (χ0v) is 7.93. The second kappa shape index (κ2) is 4.28. The fourth-order valence-corrected chi connectivity index (χ4v) is 1.72. The van der Waals surface area contributed by atoms with Gasteiger partial charge in [-0.25, -0.2) is 4.79 Å². The summed E-state index contributed by atoms with van der Waals surface area (Å²) in [5.74, 6) is -0.182. The second-order valence-corrected chi connectivity index (χ2v) is 3.40. The largest absolute Gasteiger partial charge is 0.465 e. The molecule has 0 aromatic carbocycles. The third-order valence-corrected chi connectivity index (χ3v) is 2.28. The summed E-state index contributed by atoms with van der Waals surface area (Å²) in [5.41, 5.74) is 0. The lowest BCUT2D eigenvalue weighted by atomic mass is 10.2. The van der Waals surface area contributed by atoms with E-state index in [0.717, 1.165) is 4.90 Å². The van der Waals surface area contributed by atoms with Gasteiger partial charge in [0.15, 0.2) is 0 Å². The summed E-state index contributed by atoms with van der Waals surface area (Å²) in [6, 6.07) is -0.579. The highest BCUT2D eigenvalue weighted by atomic mass is 16.4. The maximum Gasteiger partial charge on any atom is 0.407 e. The predicted octanol–water partition coefficient (Wildman–Crippen LogP) is -0.764. The summed E-state index contributed by atoms with van der Waals surface area (Å²) in [6.45, 7) is 1.43. The van der Waals surface area contributed by atoms with Gasteiger partial charge in [0.1, 0.15) is 0 Å². The summed E-state index contributed by atoms with van der Waals surface area (Å²) in [7, 11) is 0. The average molecular weight is 202 g/mol. The Kier molecular flexibility index (Phi) is 3.29. The van der Waals surface area contributed by atoms with E-state index in [1.165, 1.54) is 6.92 Å². The molecule has 1 heterocycles. The van der Waals surface area contributed by atoms with Gasteiger partial charge in [0, 0.05) is 19.5 Å². The molecule has 3 N–H and O–H groups in total. The number of rotatable bonds is 2. The van der Waals surface area contributed by atoms with Gasteiger partial charge in [0.2, 0.25) is 5.91 Å². The van der Waals surface area contributed by atoms with E-state index in [-0.39, 0.29) is 25.1 Å². The van der Waals surface area contributed by atoms with Gasteiger partial charge in [-0.3, -0.25) is 4.79 Å². The number of amides is 2. The number of aliphatic hydroxyl groups is 1. The van der Waals surface area contributed by atoms with Crippen molar-refractivity contribution in [2.75, 3.05) is 13.2 Å². The molecule has 0 aromatic heterocycles. The van der Waals surface area contributed by atoms with Crippen LogP contribution in [0.5, 0.6) is 0 Å². The highest BCUT2D eigenvalue weighted by molar-refractivity contribution is 5.73. The molecule has 14 heavy (non-hydrogen) atoms. The molecule has 1 aliphatic rings. The van der Waals surface area contributed by atoms with Crippen molar-refractivity contribution in [1.82, 2.24) is 10.2 Å². The number of nitrogens with zero attached hydrogens (tertiary/aromatic N) is 1. The summed E-state index contributed by atoms with van der Waals surface area (Å²) in [5, 5.41) is 20.3. The van der Waals surface area contributed by atoms with Crippen molar-refractivity contribution in [2.24, 2.45) is 0 Å². The summed E-state index contributed by atoms with van der Waals surface area (Å²) in [4.78, 5) is 22.6. The van der Waals surface area contributed by atoms with E-state index in [2.05, 4.69) is 5.32 Å². The molecule has 2 amide bonds. The zero-order valence-electron chi connectivity index (χ0n) is 7.93. The number of carbonyl (C=O) groups excluding carboxylic acids is 1. The summed E-state index contributed by atoms with van der Waals surface area (Å²) >= 11 is 0. The molecule has 6 heteroatoms. The molecular formula is C8H14N2O4. The smallest absolute Gasteiger partial charge is 0.407 e. The van der Waals surface area contributed by atoms with E-state index in [9.17, 15) is 9.59 Å². The van der Waals surface area contributed by atoms with Crippen LogP contribution in [-0.4, -0.2) is 52.3 Å². The molecular weight excluding hydrogens is 188 g/mol. The molecule has 0 bridgehead atoms. The normalized spacial score (nSPS) is 26.3. The molecule has 1 fully saturated rings. The first-order chi connectivity index (χ1) is 6.54. The quantitative estimate of drug-likeness (QED) is 0.548. The Labute approximate surface area is 81.5 Å². The van der Waals surface area contributed by atoms with Gasteiger partial charge >= 0.3 is 6.09 Å². The van der Waals surface area contributed by atoms with Crippen LogP contribution in [0.1, 0.15) is 13.3 Å². The van der Waals surface area contributed by atoms with Crippen molar-refractivity contribution in [3.05, 3.63) is 0 Å². The average Bonchev–Trinajstić information content (AvgIpc) is 2.46. The lowest BCUT2D eigenvalue weighted by molar-refractivity contribution is -0.119. The van der Waals surface area contributed by atoms with Gasteiger partial charge in [0.05, 0.1) is 12.6 Å². The Hall–Kier alpha value is -1.30. The van der Waals surface area contributed by atoms with Crippen LogP contribution in [-0.2, 0) is 4.79 Å². The van der Waals surface area contributed by atoms with E-state index >= 15 is 0 Å². The molecule has 0 aliphatic carbocycles. The minimum Gasteiger partial charge on any atom is -0.465 e. The molecule has 0 unspecified atom stereocenters. The first-order valence-corrected chi connectivity index (χ1v) is 4.42. The second-order valence-electron chi connectivity index (χ2n) is 3.40. The van der Waals surface area contributed by atoms with Crippen LogP contribution < -0.4 is 5.32 Å². The number of hydrogen-bond acceptors (Lipinski definition) is 3. The van der Waals surface area contributed by atoms with Crippen LogP contribution in [0.15, 0.2) is 0 Å². The SMILES string of the molecule is CC(=O)N[C@@H]1C[C@@H](CO)N(C(=O)O)C1. The van der Waals surface area contributed by atoms with Gasteiger partial charge in [-0.2, -0.15) is 0 Å². The Morgan fingerprint density at radius 3 is 2.57 bits per heavy atom. The Morgan fingerprint density at radius 2 is 2.21 bits per heavy atom. The monoisotopic (exact) mass is 202 g/mol. The van der Waals surface area contributed by atoms with E-state index in [1.807, 2.05) is 0 Å². The van der Waals surface area contributed by atoms with Crippen LogP contribution in [0.25, 0.3) is 0 Å². The zero-order chi connectivity index (χ0) is 10.7. The van der Waals surface area contributed by atoms with Gasteiger partial charge < -0.3 is 20.4 Å². The molecule has 1 saturated heterocycles. The molecule has 6 nitrogen and oxygen atoms in total. The Bertz CT molecular complexity index is 243. The minimum absolute atomic E-state index is 0.180. The van der Waals surface area contributed by atoms with Crippen molar-refractivity contribution >= 4 is 12.0 Å². The Balaban J connectivity index is 2.56. The first-order valence-electron chi connectivity index (χ1n) is 4.42. The molecule has 2 atom stereocenters. The van der Waals surface area contributed by atoms with Crippen molar-refractivity contribution in [3.63, 3.8) is 0 Å². The van der Waals surface area contributed by atoms with E-state index in [0.29, 0.717) is 6.42 Å². The number of carboxylic acid groups (broad SMARTS) is 1. The molecule has 0 radical (unpaired) electrons. The topological polar surface area (TPSA) is 89.9 Å². The lowest BCUT2D eigenvalue weighted by Gasteiger charge is -2.18. The van der Waals surface area contributed by atoms with Gasteiger partial charge in [-0.1, -0.05) is 0 Å². The van der Waals surface area contributed by atoms with Crippen LogP contribution in [0.2, 0.25) is 0 Å². The van der Waals surface area contributed by atoms with E-state index < -0.39 is 12.1 Å². The number of likely N-dealkylation sites (tertiary alicyclic amines) is 1. The number of nitrogens with one attached hydrogen (secondary N) is 1. The highest BCUT2D eigenvalue weighted by Crippen LogP contribution is 2.17. The molecule has 1 rings (SSSR count). The fourth-order valence-electron chi connectivity index (χ4n) is 1.72. The molecule has 0 saturated carbocycles. The lowest BCUT2D eigenvalue weighted by Crippen LogP contribution is -2.38. The summed E-state index contributed by atoms with van der Waals surface area (Å²) in [6.07, 6.45) is -0.584. The predicted molar refractivity (Wildman–Crippen MR) is 47.8 cm³/mol. The van der Waals surface area contributed by atoms with Crippen LogP contribution in [0.3, 0.4) is 0 Å². The van der Waals surface area contributed by atoms with Crippen LogP contribution in [0, 0.1) is 0 Å². The Morgan fingerprint density at radius 1 is 1.57 bits per heavy atom. The van der Waals surface area contributed by atoms with Gasteiger partial charge in [-0.05, 0) is 6.42 Å². The third kappa shape index (κ3) is 2.35. The minimum atomic E-state index is -1.06. The van der Waals surface area contributed by atoms with Gasteiger partial charge in [-0.15, -0.1) is 0 Å². The number of carbonyl (C=O) groups is 2. The summed E-state index contributed by atoms with van der Waals surface area (Å²) < 4.78 is 0. The van der Waals surface area contributed by atoms with Crippen molar-refractivity contribution in [3.8, 4) is 0 Å². The highest BCUT2D eigenvalue weighted by Gasteiger charge is 2.34. The fraction of sp³-hybridized carbons (Fsp3) is 0.750. The number of hydrogen-bond donors (Lipinski definition) is 3. The molecule has 80 valence electrons. The molecule has 0 aromatic rings. The molecule has 0 spiro atoms. The molecule has 1 aliphatic heterocycles. The maximum atomic E-state index is 10.7. The van der Waals surface area contributed by atoms with Crippen molar-refractivity contribution < 1.29 is 19.8 Å². The number of aliphatic hydroxyl groups excluding tert-OH is 1. The van der Waals surface area contributed by atoms with E-state index in [4.69, 9.17) is 10.2 Å². The standard InChI is InChI=1S/C8H14N2O4/c1-5(12)9-6-2-7(4-11)10(3-6)8(13)14/h6-7,11H,2-4H2,1H3,(H,9,12)(H,13,14)/t6-,7+/m1/s1. The third-order valence-electron chi connectivity index (χ3n) is 2.28.